The fourth-order valence-electron chi connectivity index (χ4n) is 1.51. The number of aromatic nitrogens is 2. The van der Waals surface area contributed by atoms with Gasteiger partial charge in [0.1, 0.15) is 5.60 Å². The summed E-state index contributed by atoms with van der Waals surface area (Å²) >= 11 is 0. The van der Waals surface area contributed by atoms with Crippen molar-refractivity contribution in [1.29, 1.82) is 0 Å². The van der Waals surface area contributed by atoms with Crippen molar-refractivity contribution < 1.29 is 15.0 Å². The van der Waals surface area contributed by atoms with Crippen molar-refractivity contribution in [2.75, 3.05) is 0 Å². The molecule has 0 bridgehead atoms. The van der Waals surface area contributed by atoms with Gasteiger partial charge in [0.05, 0.1) is 20.6 Å². The van der Waals surface area contributed by atoms with Crippen LogP contribution in [0.15, 0.2) is 36.7 Å². The molecular weight excluding hydrogens is 352 g/mol. The van der Waals surface area contributed by atoms with Crippen molar-refractivity contribution >= 4 is 18.5 Å². The summed E-state index contributed by atoms with van der Waals surface area (Å²) in [5.74, 6) is 0. The number of nitrogens with two attached hydrogens (primary N) is 1. The predicted octanol–water partition coefficient (Wildman–Crippen LogP) is 3.69. The first kappa shape index (κ1) is 17.2. The Hall–Kier alpha value is -2.18. The Morgan fingerprint density at radius 3 is 2.00 bits per heavy atom. The average Bonchev–Trinajstić information content (AvgIpc) is 2.53. The molecule has 0 atom stereocenters. The van der Waals surface area contributed by atoms with Gasteiger partial charge in [-0.25, -0.2) is 4.79 Å². The van der Waals surface area contributed by atoms with Crippen LogP contribution in [0.1, 0.15) is 48.8 Å². The molecule has 144 valence electrons. The van der Waals surface area contributed by atoms with Crippen LogP contribution in [0.5, 0.6) is 0 Å². The average molecular weight is 385 g/mol. The van der Waals surface area contributed by atoms with Crippen LogP contribution < -0.4 is 11.1 Å². The smallest absolute Gasteiger partial charge is 0.407 e. The Balaban J connectivity index is 0.000000603. The number of ether oxygens (including phenoxy) is 1. The molecule has 3 N–H and O–H groups in total. The molecule has 0 aliphatic carbocycles. The third-order valence-electron chi connectivity index (χ3n) is 2.66. The number of carbonyl (C=O) groups excluding carboxylic acids is 1. The quantitative estimate of drug-likeness (QED) is 0.842. The van der Waals surface area contributed by atoms with Crippen LogP contribution in [0.2, 0.25) is 0 Å². The van der Waals surface area contributed by atoms with E-state index in [9.17, 15) is 4.79 Å². The van der Waals surface area contributed by atoms with Gasteiger partial charge in [-0.05, 0) is 57.9 Å². The molecule has 2 heterocycles. The molecule has 0 aliphatic heterocycles. The molecule has 2 aromatic heterocycles. The number of pyridine rings is 2. The van der Waals surface area contributed by atoms with E-state index >= 15 is 0 Å². The van der Waals surface area contributed by atoms with Crippen molar-refractivity contribution in [3.05, 3.63) is 59.2 Å². The Morgan fingerprint density at radius 2 is 1.62 bits per heavy atom. The van der Waals surface area contributed by atoms with Crippen LogP contribution in [-0.2, 0) is 17.7 Å². The zero-order valence-electron chi connectivity index (χ0n) is 19.7. The van der Waals surface area contributed by atoms with E-state index < -0.39 is 24.7 Å². The highest BCUT2D eigenvalue weighted by molar-refractivity contribution is 5.85. The molecule has 0 aliphatic rings. The predicted molar refractivity (Wildman–Crippen MR) is 106 cm³/mol. The Labute approximate surface area is 167 Å². The fraction of sp³-hybridized carbons (Fsp3) is 0.421. The van der Waals surface area contributed by atoms with Crippen molar-refractivity contribution in [1.82, 2.24) is 15.3 Å². The highest BCUT2D eigenvalue weighted by atomic mass is 35.5. The number of amides is 1. The maximum atomic E-state index is 11.5. The lowest BCUT2D eigenvalue weighted by molar-refractivity contribution is 0.0523. The molecule has 2 rings (SSSR count). The van der Waals surface area contributed by atoms with Gasteiger partial charge in [-0.1, -0.05) is 12.1 Å². The van der Waals surface area contributed by atoms with Crippen LogP contribution in [0.3, 0.4) is 0 Å². The van der Waals surface area contributed by atoms with Crippen LogP contribution in [0, 0.1) is 13.8 Å². The first-order chi connectivity index (χ1) is 13.1. The second-order valence-corrected chi connectivity index (χ2v) is 6.34. The zero-order chi connectivity index (χ0) is 22.5. The summed E-state index contributed by atoms with van der Waals surface area (Å²) in [6.07, 6.45) is 2.33. The third-order valence-corrected chi connectivity index (χ3v) is 2.66. The first-order valence-electron chi connectivity index (χ1n) is 9.76. The molecular formula is C19H29ClN4O2. The number of aryl methyl sites for hydroxylation is 2. The Bertz CT molecular complexity index is 805. The summed E-state index contributed by atoms with van der Waals surface area (Å²) in [5.41, 5.74) is 6.84. The molecule has 1 amide bonds. The number of hydrogen-bond acceptors (Lipinski definition) is 5. The van der Waals surface area contributed by atoms with Crippen molar-refractivity contribution in [3.63, 3.8) is 0 Å². The molecule has 0 radical (unpaired) electrons. The van der Waals surface area contributed by atoms with Gasteiger partial charge in [0.25, 0.3) is 0 Å². The van der Waals surface area contributed by atoms with Crippen molar-refractivity contribution in [3.8, 4) is 0 Å². The first-order valence-corrected chi connectivity index (χ1v) is 7.76. The molecule has 26 heavy (non-hydrogen) atoms. The second kappa shape index (κ2) is 11.4. The van der Waals surface area contributed by atoms with E-state index in [1.165, 1.54) is 6.07 Å². The van der Waals surface area contributed by atoms with Gasteiger partial charge in [-0.2, -0.15) is 0 Å². The lowest BCUT2D eigenvalue weighted by Gasteiger charge is -2.19. The number of halogens is 1. The minimum absolute atomic E-state index is 0. The minimum Gasteiger partial charge on any atom is -0.444 e. The van der Waals surface area contributed by atoms with E-state index in [1.807, 2.05) is 13.8 Å². The normalized spacial score (nSPS) is 13.5. The highest BCUT2D eigenvalue weighted by Crippen LogP contribution is 2.06. The van der Waals surface area contributed by atoms with Crippen molar-refractivity contribution in [2.24, 2.45) is 5.73 Å². The van der Waals surface area contributed by atoms with Gasteiger partial charge in [0, 0.05) is 21.6 Å². The fourth-order valence-corrected chi connectivity index (χ4v) is 1.51. The Morgan fingerprint density at radius 1 is 1.12 bits per heavy atom. The van der Waals surface area contributed by atoms with Crippen molar-refractivity contribution in [2.45, 2.75) is 53.2 Å². The van der Waals surface area contributed by atoms with Gasteiger partial charge in [0.15, 0.2) is 0 Å². The number of nitrogens with one attached hydrogen (secondary N) is 1. The molecule has 0 aromatic carbocycles. The van der Waals surface area contributed by atoms with E-state index in [-0.39, 0.29) is 23.8 Å². The van der Waals surface area contributed by atoms with Crippen LogP contribution in [0.25, 0.3) is 0 Å². The minimum atomic E-state index is -2.06. The summed E-state index contributed by atoms with van der Waals surface area (Å²) in [4.78, 5) is 19.3. The highest BCUT2D eigenvalue weighted by Gasteiger charge is 2.15. The molecule has 0 fully saturated rings. The van der Waals surface area contributed by atoms with E-state index in [0.717, 1.165) is 11.1 Å². The maximum absolute atomic E-state index is 11.5. The standard InChI is InChI=1S/C12H18N2O2.C7H10N2.ClH/c1-9-5-6-10(13-7-9)8-14-11(15)16-12(2,3)4;1-6-2-3-7(4-8)9-5-6;/h5-7H,8H2,1-4H3,(H,14,15);2-3,5H,4,8H2,1H3;1H/i8D2;4D2;. The van der Waals surface area contributed by atoms with Crippen LogP contribution >= 0.6 is 12.4 Å². The van der Waals surface area contributed by atoms with E-state index in [0.29, 0.717) is 0 Å². The third kappa shape index (κ3) is 10.6. The SMILES string of the molecule is Cl.[2H]C([2H])(N)c1ccc(C)cn1.[2H]C([2H])(NC(=O)OC(C)(C)C)c1ccc(C)cn1. The van der Waals surface area contributed by atoms with Gasteiger partial charge in [0.2, 0.25) is 0 Å². The largest absolute Gasteiger partial charge is 0.444 e. The zero-order valence-corrected chi connectivity index (χ0v) is 16.5. The van der Waals surface area contributed by atoms with E-state index in [1.54, 1.807) is 51.4 Å². The molecule has 2 aromatic rings. The molecule has 0 saturated carbocycles. The lowest BCUT2D eigenvalue weighted by Crippen LogP contribution is -2.32. The topological polar surface area (TPSA) is 90.1 Å². The lowest BCUT2D eigenvalue weighted by atomic mass is 10.2. The summed E-state index contributed by atoms with van der Waals surface area (Å²) < 4.78 is 34.8. The monoisotopic (exact) mass is 384 g/mol. The summed E-state index contributed by atoms with van der Waals surface area (Å²) in [7, 11) is 0. The maximum Gasteiger partial charge on any atom is 0.407 e. The molecule has 0 saturated heterocycles. The molecule has 6 nitrogen and oxygen atoms in total. The number of alkyl carbamates (subject to hydrolysis) is 1. The number of nitrogens with zero attached hydrogens (tertiary/aromatic N) is 2. The summed E-state index contributed by atoms with van der Waals surface area (Å²) in [5, 5.41) is 2.16. The molecule has 0 unspecified atom stereocenters. The van der Waals surface area contributed by atoms with Gasteiger partial charge in [-0.15, -0.1) is 12.4 Å². The van der Waals surface area contributed by atoms with E-state index in [2.05, 4.69) is 15.3 Å². The second-order valence-electron chi connectivity index (χ2n) is 6.34. The number of carbonyl (C=O) groups is 1. The van der Waals surface area contributed by atoms with Gasteiger partial charge in [-0.3, -0.25) is 9.97 Å². The number of hydrogen-bond donors (Lipinski definition) is 2. The number of rotatable bonds is 3. The van der Waals surface area contributed by atoms with Crippen LogP contribution in [0.4, 0.5) is 4.79 Å². The summed E-state index contributed by atoms with van der Waals surface area (Å²) in [6, 6.07) is 6.64. The van der Waals surface area contributed by atoms with E-state index in [4.69, 9.17) is 16.0 Å². The van der Waals surface area contributed by atoms with Crippen LogP contribution in [-0.4, -0.2) is 21.7 Å². The van der Waals surface area contributed by atoms with Gasteiger partial charge >= 0.3 is 6.09 Å². The van der Waals surface area contributed by atoms with Gasteiger partial charge < -0.3 is 15.8 Å². The summed E-state index contributed by atoms with van der Waals surface area (Å²) in [6.45, 7) is 5.01. The molecule has 0 spiro atoms. The molecule has 7 heteroatoms. The Kier molecular flexibility index (Phi) is 7.59.